The van der Waals surface area contributed by atoms with Crippen LogP contribution in [0.3, 0.4) is 0 Å². The number of nitrogens with zero attached hydrogens (tertiary/aromatic N) is 1. The van der Waals surface area contributed by atoms with Gasteiger partial charge in [0.1, 0.15) is 6.07 Å². The molecule has 0 atom stereocenters. The van der Waals surface area contributed by atoms with Crippen molar-refractivity contribution in [1.82, 2.24) is 0 Å². The normalized spacial score (nSPS) is 8.62. The first-order valence-corrected chi connectivity index (χ1v) is 3.53. The molecule has 0 bridgehead atoms. The summed E-state index contributed by atoms with van der Waals surface area (Å²) in [5.41, 5.74) is 0.299. The minimum atomic E-state index is -0.831. The van der Waals surface area contributed by atoms with E-state index in [1.165, 1.54) is 13.2 Å². The van der Waals surface area contributed by atoms with Crippen molar-refractivity contribution in [3.63, 3.8) is 0 Å². The molecule has 1 aromatic rings. The van der Waals surface area contributed by atoms with E-state index >= 15 is 0 Å². The van der Waals surface area contributed by atoms with E-state index in [9.17, 15) is 4.79 Å². The smallest absolute Gasteiger partial charge is 0.437 e. The topological polar surface area (TPSA) is 59.3 Å². The van der Waals surface area contributed by atoms with Crippen LogP contribution in [-0.4, -0.2) is 13.3 Å². The Labute approximate surface area is 75.3 Å². The molecule has 0 aromatic heterocycles. The molecular weight excluding hydrogens is 170 g/mol. The fraction of sp³-hybridized carbons (Fsp3) is 0.111. The van der Waals surface area contributed by atoms with Crippen molar-refractivity contribution >= 4 is 6.16 Å². The van der Waals surface area contributed by atoms with Crippen molar-refractivity contribution < 1.29 is 14.3 Å². The van der Waals surface area contributed by atoms with E-state index in [0.29, 0.717) is 5.56 Å². The van der Waals surface area contributed by atoms with Crippen LogP contribution in [0, 0.1) is 11.3 Å². The fourth-order valence-corrected chi connectivity index (χ4v) is 0.779. The number of benzene rings is 1. The molecule has 0 unspecified atom stereocenters. The zero-order valence-corrected chi connectivity index (χ0v) is 6.98. The first-order chi connectivity index (χ1) is 6.27. The van der Waals surface area contributed by atoms with E-state index in [1.807, 2.05) is 6.07 Å². The second kappa shape index (κ2) is 4.12. The zero-order valence-electron chi connectivity index (χ0n) is 6.98. The zero-order chi connectivity index (χ0) is 9.68. The average molecular weight is 177 g/mol. The third kappa shape index (κ3) is 2.20. The van der Waals surface area contributed by atoms with E-state index in [2.05, 4.69) is 4.74 Å². The Morgan fingerprint density at radius 3 is 2.77 bits per heavy atom. The van der Waals surface area contributed by atoms with E-state index in [4.69, 9.17) is 10.00 Å². The van der Waals surface area contributed by atoms with Gasteiger partial charge in [-0.05, 0) is 12.1 Å². The van der Waals surface area contributed by atoms with Gasteiger partial charge in [-0.2, -0.15) is 5.26 Å². The molecule has 0 spiro atoms. The lowest BCUT2D eigenvalue weighted by Crippen LogP contribution is -2.08. The Bertz CT molecular complexity index is 354. The van der Waals surface area contributed by atoms with Crippen molar-refractivity contribution in [2.24, 2.45) is 0 Å². The Morgan fingerprint density at radius 2 is 2.15 bits per heavy atom. The number of carbonyl (C=O) groups is 1. The highest BCUT2D eigenvalue weighted by Crippen LogP contribution is 2.16. The lowest BCUT2D eigenvalue weighted by Gasteiger charge is -2.02. The van der Waals surface area contributed by atoms with Gasteiger partial charge in [-0.25, -0.2) is 4.79 Å². The van der Waals surface area contributed by atoms with Gasteiger partial charge in [0.05, 0.1) is 12.7 Å². The maximum absolute atomic E-state index is 10.7. The van der Waals surface area contributed by atoms with Crippen LogP contribution in [0.2, 0.25) is 0 Å². The molecule has 66 valence electrons. The molecule has 0 aliphatic heterocycles. The van der Waals surface area contributed by atoms with Gasteiger partial charge in [-0.1, -0.05) is 12.1 Å². The maximum atomic E-state index is 10.7. The van der Waals surface area contributed by atoms with Crippen LogP contribution in [0.25, 0.3) is 0 Å². The molecule has 0 N–H and O–H groups in total. The van der Waals surface area contributed by atoms with E-state index < -0.39 is 6.16 Å². The Balaban J connectivity index is 2.89. The monoisotopic (exact) mass is 177 g/mol. The van der Waals surface area contributed by atoms with Crippen LogP contribution in [0.1, 0.15) is 5.56 Å². The summed E-state index contributed by atoms with van der Waals surface area (Å²) >= 11 is 0. The summed E-state index contributed by atoms with van der Waals surface area (Å²) in [6.07, 6.45) is -0.831. The van der Waals surface area contributed by atoms with Crippen LogP contribution in [-0.2, 0) is 4.74 Å². The molecule has 0 saturated carbocycles. The molecule has 0 heterocycles. The first kappa shape index (κ1) is 9.07. The van der Waals surface area contributed by atoms with Crippen LogP contribution >= 0.6 is 0 Å². The molecule has 13 heavy (non-hydrogen) atoms. The standard InChI is InChI=1S/C9H7NO3/c1-12-9(11)13-8-5-3-2-4-7(8)6-10/h2-5H,1H3. The van der Waals surface area contributed by atoms with Crippen LogP contribution in [0.4, 0.5) is 4.79 Å². The Morgan fingerprint density at radius 1 is 1.46 bits per heavy atom. The summed E-state index contributed by atoms with van der Waals surface area (Å²) < 4.78 is 8.98. The van der Waals surface area contributed by atoms with Gasteiger partial charge < -0.3 is 9.47 Å². The number of hydrogen-bond acceptors (Lipinski definition) is 4. The number of rotatable bonds is 1. The maximum Gasteiger partial charge on any atom is 0.513 e. The highest BCUT2D eigenvalue weighted by Gasteiger charge is 2.07. The van der Waals surface area contributed by atoms with Crippen LogP contribution < -0.4 is 4.74 Å². The molecule has 0 aliphatic rings. The average Bonchev–Trinajstić information content (AvgIpc) is 2.18. The summed E-state index contributed by atoms with van der Waals surface area (Å²) in [6.45, 7) is 0. The number of para-hydroxylation sites is 1. The molecule has 0 amide bonds. The van der Waals surface area contributed by atoms with Gasteiger partial charge in [0.25, 0.3) is 0 Å². The fourth-order valence-electron chi connectivity index (χ4n) is 0.779. The van der Waals surface area contributed by atoms with Gasteiger partial charge in [0.15, 0.2) is 5.75 Å². The second-order valence-corrected chi connectivity index (χ2v) is 2.16. The Hall–Kier alpha value is -2.02. The van der Waals surface area contributed by atoms with Gasteiger partial charge in [0.2, 0.25) is 0 Å². The van der Waals surface area contributed by atoms with Gasteiger partial charge >= 0.3 is 6.16 Å². The molecule has 0 radical (unpaired) electrons. The highest BCUT2D eigenvalue weighted by atomic mass is 16.7. The van der Waals surface area contributed by atoms with Crippen molar-refractivity contribution in [3.8, 4) is 11.8 Å². The SMILES string of the molecule is COC(=O)Oc1ccccc1C#N. The predicted octanol–water partition coefficient (Wildman–Crippen LogP) is 1.70. The van der Waals surface area contributed by atoms with Crippen molar-refractivity contribution in [1.29, 1.82) is 5.26 Å². The molecule has 0 saturated heterocycles. The molecule has 1 aromatic carbocycles. The van der Waals surface area contributed by atoms with Crippen molar-refractivity contribution in [3.05, 3.63) is 29.8 Å². The molecule has 0 aliphatic carbocycles. The number of ether oxygens (including phenoxy) is 2. The molecule has 4 heteroatoms. The first-order valence-electron chi connectivity index (χ1n) is 3.53. The van der Waals surface area contributed by atoms with E-state index in [0.717, 1.165) is 0 Å². The lowest BCUT2D eigenvalue weighted by atomic mass is 10.2. The molecule has 4 nitrogen and oxygen atoms in total. The summed E-state index contributed by atoms with van der Waals surface area (Å²) in [6, 6.07) is 8.32. The van der Waals surface area contributed by atoms with Gasteiger partial charge in [0, 0.05) is 0 Å². The van der Waals surface area contributed by atoms with E-state index in [1.54, 1.807) is 18.2 Å². The Kier molecular flexibility index (Phi) is 2.87. The molecule has 0 fully saturated rings. The summed E-state index contributed by atoms with van der Waals surface area (Å²) in [5.74, 6) is 0.205. The molecular formula is C9H7NO3. The number of methoxy groups -OCH3 is 1. The number of carbonyl (C=O) groups excluding carboxylic acids is 1. The van der Waals surface area contributed by atoms with Crippen molar-refractivity contribution in [2.75, 3.05) is 7.11 Å². The number of nitriles is 1. The third-order valence-corrected chi connectivity index (χ3v) is 1.37. The lowest BCUT2D eigenvalue weighted by molar-refractivity contribution is 0.121. The van der Waals surface area contributed by atoms with Crippen LogP contribution in [0.5, 0.6) is 5.75 Å². The minimum absolute atomic E-state index is 0.205. The third-order valence-electron chi connectivity index (χ3n) is 1.37. The van der Waals surface area contributed by atoms with E-state index in [-0.39, 0.29) is 5.75 Å². The predicted molar refractivity (Wildman–Crippen MR) is 44.2 cm³/mol. The van der Waals surface area contributed by atoms with Crippen molar-refractivity contribution in [2.45, 2.75) is 0 Å². The minimum Gasteiger partial charge on any atom is -0.437 e. The summed E-state index contributed by atoms with van der Waals surface area (Å²) in [5, 5.41) is 8.62. The summed E-state index contributed by atoms with van der Waals surface area (Å²) in [7, 11) is 1.21. The number of hydrogen-bond donors (Lipinski definition) is 0. The largest absolute Gasteiger partial charge is 0.513 e. The second-order valence-electron chi connectivity index (χ2n) is 2.16. The quantitative estimate of drug-likeness (QED) is 0.484. The van der Waals surface area contributed by atoms with Gasteiger partial charge in [-0.3, -0.25) is 0 Å². The molecule has 1 rings (SSSR count). The summed E-state index contributed by atoms with van der Waals surface area (Å²) in [4.78, 5) is 10.7. The highest BCUT2D eigenvalue weighted by molar-refractivity contribution is 5.65. The van der Waals surface area contributed by atoms with Gasteiger partial charge in [-0.15, -0.1) is 0 Å². The van der Waals surface area contributed by atoms with Crippen LogP contribution in [0.15, 0.2) is 24.3 Å².